The Balaban J connectivity index is 1.70. The molecule has 4 aliphatic carbocycles. The van der Waals surface area contributed by atoms with E-state index >= 15 is 0 Å². The van der Waals surface area contributed by atoms with Gasteiger partial charge in [0.05, 0.1) is 6.10 Å². The molecule has 7 atom stereocenters. The van der Waals surface area contributed by atoms with Crippen LogP contribution in [0.4, 0.5) is 0 Å². The normalized spacial score (nSPS) is 48.7. The fraction of sp³-hybridized carbons (Fsp3) is 0.909. The standard InChI is InChI=1S/C22H36O3/c1-13-10-15-12-22(24-4,25-5)9-8-16(15)19-14(2)11-21(3)17(20(13)19)6-7-18(21)23/h13-14,17-20,23H,6-12H2,1-5H3/t13?,14-,17?,18-,19?,20?,21-/m0/s1. The Kier molecular flexibility index (Phi) is 4.37. The molecule has 3 heteroatoms. The van der Waals surface area contributed by atoms with Gasteiger partial charge in [0.1, 0.15) is 0 Å². The second kappa shape index (κ2) is 6.07. The summed E-state index contributed by atoms with van der Waals surface area (Å²) in [6, 6.07) is 0. The van der Waals surface area contributed by atoms with Gasteiger partial charge in [-0.3, -0.25) is 0 Å². The van der Waals surface area contributed by atoms with E-state index in [1.54, 1.807) is 25.4 Å². The summed E-state index contributed by atoms with van der Waals surface area (Å²) in [6.07, 6.45) is 7.56. The molecule has 0 aliphatic heterocycles. The van der Waals surface area contributed by atoms with Gasteiger partial charge in [0.2, 0.25) is 0 Å². The van der Waals surface area contributed by atoms with E-state index < -0.39 is 5.79 Å². The summed E-state index contributed by atoms with van der Waals surface area (Å²) in [5, 5.41) is 10.7. The monoisotopic (exact) mass is 348 g/mol. The van der Waals surface area contributed by atoms with Crippen LogP contribution in [0.1, 0.15) is 65.7 Å². The second-order valence-corrected chi connectivity index (χ2v) is 9.80. The molecule has 1 N–H and O–H groups in total. The maximum atomic E-state index is 10.7. The summed E-state index contributed by atoms with van der Waals surface area (Å²) >= 11 is 0. The van der Waals surface area contributed by atoms with Crippen molar-refractivity contribution in [2.75, 3.05) is 14.2 Å². The SMILES string of the molecule is COC1(OC)CCC2=C(CC(C)C3C2[C@@H](C)C[C@@]2(C)C3CC[C@@H]2O)C1. The maximum absolute atomic E-state index is 10.7. The van der Waals surface area contributed by atoms with Crippen molar-refractivity contribution in [3.63, 3.8) is 0 Å². The largest absolute Gasteiger partial charge is 0.393 e. The van der Waals surface area contributed by atoms with Gasteiger partial charge >= 0.3 is 0 Å². The first-order chi connectivity index (χ1) is 11.8. The van der Waals surface area contributed by atoms with Gasteiger partial charge in [0, 0.05) is 27.1 Å². The van der Waals surface area contributed by atoms with E-state index in [-0.39, 0.29) is 11.5 Å². The summed E-state index contributed by atoms with van der Waals surface area (Å²) in [4.78, 5) is 0. The third kappa shape index (κ3) is 2.49. The van der Waals surface area contributed by atoms with Crippen LogP contribution in [0, 0.1) is 35.0 Å². The number of allylic oxidation sites excluding steroid dienone is 1. The van der Waals surface area contributed by atoms with Crippen molar-refractivity contribution < 1.29 is 14.6 Å². The molecule has 0 bridgehead atoms. The first-order valence-corrected chi connectivity index (χ1v) is 10.3. The lowest BCUT2D eigenvalue weighted by molar-refractivity contribution is -0.214. The van der Waals surface area contributed by atoms with E-state index in [1.165, 1.54) is 19.3 Å². The highest BCUT2D eigenvalue weighted by Gasteiger charge is 2.59. The Labute approximate surface area is 153 Å². The van der Waals surface area contributed by atoms with Crippen LogP contribution in [0.3, 0.4) is 0 Å². The Morgan fingerprint density at radius 2 is 1.80 bits per heavy atom. The van der Waals surface area contributed by atoms with Crippen molar-refractivity contribution in [3.8, 4) is 0 Å². The summed E-state index contributed by atoms with van der Waals surface area (Å²) in [7, 11) is 3.58. The Morgan fingerprint density at radius 3 is 2.48 bits per heavy atom. The zero-order chi connectivity index (χ0) is 18.0. The second-order valence-electron chi connectivity index (χ2n) is 9.80. The zero-order valence-corrected chi connectivity index (χ0v) is 16.7. The molecule has 2 saturated carbocycles. The molecule has 0 aromatic heterocycles. The number of hydrogen-bond donors (Lipinski definition) is 1. The van der Waals surface area contributed by atoms with Crippen LogP contribution < -0.4 is 0 Å². The number of methoxy groups -OCH3 is 2. The molecule has 142 valence electrons. The van der Waals surface area contributed by atoms with Crippen molar-refractivity contribution in [3.05, 3.63) is 11.1 Å². The Morgan fingerprint density at radius 1 is 1.08 bits per heavy atom. The number of aliphatic hydroxyl groups excluding tert-OH is 1. The molecule has 4 aliphatic rings. The molecule has 0 radical (unpaired) electrons. The van der Waals surface area contributed by atoms with E-state index in [9.17, 15) is 5.11 Å². The van der Waals surface area contributed by atoms with Crippen molar-refractivity contribution in [1.29, 1.82) is 0 Å². The molecule has 0 aromatic carbocycles. The number of fused-ring (bicyclic) bond motifs is 4. The van der Waals surface area contributed by atoms with Crippen LogP contribution in [0.5, 0.6) is 0 Å². The van der Waals surface area contributed by atoms with Crippen LogP contribution in [-0.2, 0) is 9.47 Å². The predicted molar refractivity (Wildman–Crippen MR) is 99.0 cm³/mol. The summed E-state index contributed by atoms with van der Waals surface area (Å²) < 4.78 is 11.6. The number of rotatable bonds is 2. The minimum atomic E-state index is -0.401. The third-order valence-electron chi connectivity index (χ3n) is 8.70. The van der Waals surface area contributed by atoms with E-state index in [0.717, 1.165) is 31.6 Å². The zero-order valence-electron chi connectivity index (χ0n) is 16.7. The molecular weight excluding hydrogens is 312 g/mol. The number of ether oxygens (including phenoxy) is 2. The van der Waals surface area contributed by atoms with Crippen molar-refractivity contribution in [2.24, 2.45) is 35.0 Å². The van der Waals surface area contributed by atoms with E-state index in [0.29, 0.717) is 23.7 Å². The molecule has 0 aromatic rings. The van der Waals surface area contributed by atoms with Gasteiger partial charge in [0.15, 0.2) is 5.79 Å². The van der Waals surface area contributed by atoms with Crippen LogP contribution in [-0.4, -0.2) is 31.2 Å². The van der Waals surface area contributed by atoms with E-state index in [2.05, 4.69) is 20.8 Å². The van der Waals surface area contributed by atoms with Gasteiger partial charge in [-0.25, -0.2) is 0 Å². The van der Waals surface area contributed by atoms with E-state index in [1.807, 2.05) is 0 Å². The molecule has 0 heterocycles. The molecule has 3 nitrogen and oxygen atoms in total. The highest BCUT2D eigenvalue weighted by molar-refractivity contribution is 5.30. The van der Waals surface area contributed by atoms with Gasteiger partial charge in [0.25, 0.3) is 0 Å². The summed E-state index contributed by atoms with van der Waals surface area (Å²) in [5.74, 6) is 3.14. The quantitative estimate of drug-likeness (QED) is 0.588. The van der Waals surface area contributed by atoms with Gasteiger partial charge in [-0.05, 0) is 67.1 Å². The lowest BCUT2D eigenvalue weighted by atomic mass is 9.49. The lowest BCUT2D eigenvalue weighted by Gasteiger charge is -2.57. The highest BCUT2D eigenvalue weighted by atomic mass is 16.7. The molecule has 0 spiro atoms. The van der Waals surface area contributed by atoms with E-state index in [4.69, 9.17) is 9.47 Å². The summed E-state index contributed by atoms with van der Waals surface area (Å²) in [5.41, 5.74) is 3.51. The molecule has 4 rings (SSSR count). The van der Waals surface area contributed by atoms with Crippen LogP contribution in [0.2, 0.25) is 0 Å². The first-order valence-electron chi connectivity index (χ1n) is 10.3. The highest BCUT2D eigenvalue weighted by Crippen LogP contribution is 2.64. The van der Waals surface area contributed by atoms with Gasteiger partial charge < -0.3 is 14.6 Å². The molecule has 0 saturated heterocycles. The Hall–Kier alpha value is -0.380. The molecule has 2 fully saturated rings. The number of hydrogen-bond acceptors (Lipinski definition) is 3. The topological polar surface area (TPSA) is 38.7 Å². The van der Waals surface area contributed by atoms with Crippen LogP contribution >= 0.6 is 0 Å². The average molecular weight is 349 g/mol. The van der Waals surface area contributed by atoms with Crippen LogP contribution in [0.15, 0.2) is 11.1 Å². The van der Waals surface area contributed by atoms with Crippen molar-refractivity contribution >= 4 is 0 Å². The van der Waals surface area contributed by atoms with Gasteiger partial charge in [-0.15, -0.1) is 0 Å². The van der Waals surface area contributed by atoms with Crippen molar-refractivity contribution in [1.82, 2.24) is 0 Å². The average Bonchev–Trinajstić information content (AvgIpc) is 2.88. The minimum Gasteiger partial charge on any atom is -0.393 e. The van der Waals surface area contributed by atoms with Crippen molar-refractivity contribution in [2.45, 2.75) is 77.6 Å². The lowest BCUT2D eigenvalue weighted by Crippen LogP contribution is -2.52. The van der Waals surface area contributed by atoms with Gasteiger partial charge in [-0.2, -0.15) is 0 Å². The van der Waals surface area contributed by atoms with Gasteiger partial charge in [-0.1, -0.05) is 31.9 Å². The fourth-order valence-electron chi connectivity index (χ4n) is 7.53. The number of aliphatic hydroxyl groups is 1. The Bertz CT molecular complexity index is 564. The summed E-state index contributed by atoms with van der Waals surface area (Å²) in [6.45, 7) is 7.28. The van der Waals surface area contributed by atoms with Crippen LogP contribution in [0.25, 0.3) is 0 Å². The maximum Gasteiger partial charge on any atom is 0.171 e. The molecule has 0 amide bonds. The predicted octanol–water partition coefficient (Wildman–Crippen LogP) is 4.55. The molecule has 25 heavy (non-hydrogen) atoms. The smallest absolute Gasteiger partial charge is 0.171 e. The minimum absolute atomic E-state index is 0.0931. The first kappa shape index (κ1) is 18.0. The third-order valence-corrected chi connectivity index (χ3v) is 8.70. The fourth-order valence-corrected chi connectivity index (χ4v) is 7.53. The molecule has 4 unspecified atom stereocenters. The molecular formula is C22H36O3.